The maximum atomic E-state index is 13.2. The molecule has 0 radical (unpaired) electrons. The normalized spacial score (nSPS) is 15.1. The molecule has 3 heterocycles. The Bertz CT molecular complexity index is 1350. The van der Waals surface area contributed by atoms with E-state index in [1.807, 2.05) is 22.9 Å². The molecular weight excluding hydrogens is 472 g/mol. The maximum Gasteiger partial charge on any atom is 0.337 e. The first kappa shape index (κ1) is 26.2. The molecule has 0 spiro atoms. The number of anilines is 1. The summed E-state index contributed by atoms with van der Waals surface area (Å²) in [7, 11) is 0.169. The minimum Gasteiger partial charge on any atom is -0.465 e. The lowest BCUT2D eigenvalue weighted by atomic mass is 10.0. The summed E-state index contributed by atoms with van der Waals surface area (Å²) in [6.45, 7) is 17.1. The van der Waals surface area contributed by atoms with Gasteiger partial charge in [0, 0.05) is 43.9 Å². The number of fused-ring (bicyclic) bond motifs is 2. The number of carbonyl (C=O) groups excluding carboxylic acids is 1. The van der Waals surface area contributed by atoms with Gasteiger partial charge in [-0.15, -0.1) is 0 Å². The SMILES string of the molecule is COC(=O)c1ccc2c(c1)c(-c1cc(=O)n3c(n1)N(C(C)C)C(C)(C)C3)cn2COCC[Si](C)(C)C. The minimum atomic E-state index is -1.20. The molecule has 0 bridgehead atoms. The van der Waals surface area contributed by atoms with Crippen molar-refractivity contribution in [2.24, 2.45) is 0 Å². The fraction of sp³-hybridized carbons (Fsp3) is 0.519. The molecule has 0 amide bonds. The van der Waals surface area contributed by atoms with Gasteiger partial charge in [0.15, 0.2) is 0 Å². The molecule has 1 aliphatic rings. The van der Waals surface area contributed by atoms with E-state index < -0.39 is 14.0 Å². The smallest absolute Gasteiger partial charge is 0.337 e. The topological polar surface area (TPSA) is 78.6 Å². The first-order valence-electron chi connectivity index (χ1n) is 12.5. The van der Waals surface area contributed by atoms with Crippen molar-refractivity contribution < 1.29 is 14.3 Å². The zero-order valence-electron chi connectivity index (χ0n) is 22.7. The fourth-order valence-electron chi connectivity index (χ4n) is 5.02. The Labute approximate surface area is 213 Å². The predicted octanol–water partition coefficient (Wildman–Crippen LogP) is 4.97. The van der Waals surface area contributed by atoms with E-state index in [9.17, 15) is 9.59 Å². The monoisotopic (exact) mass is 510 g/mol. The van der Waals surface area contributed by atoms with Crippen LogP contribution >= 0.6 is 0 Å². The number of ether oxygens (including phenoxy) is 2. The number of nitrogens with zero attached hydrogens (tertiary/aromatic N) is 4. The Balaban J connectivity index is 1.82. The highest BCUT2D eigenvalue weighted by atomic mass is 28.3. The van der Waals surface area contributed by atoms with Crippen LogP contribution < -0.4 is 10.5 Å². The van der Waals surface area contributed by atoms with Gasteiger partial charge in [-0.1, -0.05) is 19.6 Å². The van der Waals surface area contributed by atoms with Crippen molar-refractivity contribution in [2.45, 2.75) is 78.2 Å². The molecule has 0 aliphatic carbocycles. The zero-order chi connectivity index (χ0) is 26.4. The number of esters is 1. The van der Waals surface area contributed by atoms with Crippen molar-refractivity contribution in [1.29, 1.82) is 0 Å². The van der Waals surface area contributed by atoms with Gasteiger partial charge in [0.05, 0.1) is 36.0 Å². The molecule has 0 N–H and O–H groups in total. The third kappa shape index (κ3) is 4.99. The van der Waals surface area contributed by atoms with Crippen LogP contribution in [0.1, 0.15) is 38.1 Å². The largest absolute Gasteiger partial charge is 0.465 e. The maximum absolute atomic E-state index is 13.2. The fourth-order valence-corrected chi connectivity index (χ4v) is 5.78. The van der Waals surface area contributed by atoms with Crippen LogP contribution in [0.25, 0.3) is 22.2 Å². The average Bonchev–Trinajstić information content (AvgIpc) is 3.29. The van der Waals surface area contributed by atoms with Gasteiger partial charge in [0.25, 0.3) is 5.56 Å². The Kier molecular flexibility index (Phi) is 6.91. The van der Waals surface area contributed by atoms with Crippen molar-refractivity contribution in [2.75, 3.05) is 18.6 Å². The third-order valence-electron chi connectivity index (χ3n) is 6.72. The standard InChI is InChI=1S/C27H38N4O4Si/c1-18(2)31-26-28-22(14-24(32)30(26)16-27(31,3)4)21-15-29(17-35-11-12-36(6,7)8)23-10-9-19(13-20(21)23)25(33)34-5/h9-10,13-15,18H,11-12,16-17H2,1-8H3. The molecule has 3 aromatic rings. The summed E-state index contributed by atoms with van der Waals surface area (Å²) in [6.07, 6.45) is 1.97. The summed E-state index contributed by atoms with van der Waals surface area (Å²) in [6, 6.07) is 8.32. The third-order valence-corrected chi connectivity index (χ3v) is 8.43. The van der Waals surface area contributed by atoms with Crippen molar-refractivity contribution in [3.63, 3.8) is 0 Å². The lowest BCUT2D eigenvalue weighted by molar-refractivity contribution is 0.0601. The van der Waals surface area contributed by atoms with Gasteiger partial charge in [-0.3, -0.25) is 9.36 Å². The Hall–Kier alpha value is -2.91. The number of hydrogen-bond acceptors (Lipinski definition) is 6. The number of aromatic nitrogens is 3. The van der Waals surface area contributed by atoms with E-state index in [0.29, 0.717) is 37.1 Å². The molecule has 9 heteroatoms. The van der Waals surface area contributed by atoms with E-state index in [4.69, 9.17) is 14.5 Å². The molecule has 0 unspecified atom stereocenters. The quantitative estimate of drug-likeness (QED) is 0.242. The summed E-state index contributed by atoms with van der Waals surface area (Å²) in [4.78, 5) is 32.7. The molecular formula is C27H38N4O4Si. The molecule has 4 rings (SSSR count). The second-order valence-corrected chi connectivity index (χ2v) is 17.3. The van der Waals surface area contributed by atoms with Crippen LogP contribution in [0.15, 0.2) is 35.3 Å². The molecule has 0 fully saturated rings. The number of hydrogen-bond donors (Lipinski definition) is 0. The van der Waals surface area contributed by atoms with E-state index in [1.165, 1.54) is 7.11 Å². The summed E-state index contributed by atoms with van der Waals surface area (Å²) >= 11 is 0. The molecule has 1 aliphatic heterocycles. The van der Waals surface area contributed by atoms with Crippen LogP contribution in [0.3, 0.4) is 0 Å². The molecule has 194 valence electrons. The summed E-state index contributed by atoms with van der Waals surface area (Å²) in [5, 5.41) is 0.830. The highest BCUT2D eigenvalue weighted by Crippen LogP contribution is 2.36. The first-order chi connectivity index (χ1) is 16.8. The Morgan fingerprint density at radius 2 is 1.92 bits per heavy atom. The van der Waals surface area contributed by atoms with Gasteiger partial charge in [-0.05, 0) is 51.9 Å². The average molecular weight is 511 g/mol. The molecule has 0 saturated carbocycles. The van der Waals surface area contributed by atoms with E-state index in [-0.39, 0.29) is 17.1 Å². The highest BCUT2D eigenvalue weighted by Gasteiger charge is 2.39. The number of benzene rings is 1. The van der Waals surface area contributed by atoms with E-state index in [2.05, 4.69) is 52.2 Å². The predicted molar refractivity (Wildman–Crippen MR) is 147 cm³/mol. The summed E-state index contributed by atoms with van der Waals surface area (Å²) in [5.74, 6) is 0.269. The second kappa shape index (κ2) is 9.52. The van der Waals surface area contributed by atoms with Crippen LogP contribution in [0.4, 0.5) is 5.95 Å². The second-order valence-electron chi connectivity index (χ2n) is 11.7. The van der Waals surface area contributed by atoms with Crippen molar-refractivity contribution in [3.05, 3.63) is 46.4 Å². The highest BCUT2D eigenvalue weighted by molar-refractivity contribution is 6.76. The van der Waals surface area contributed by atoms with Crippen LogP contribution in [0.5, 0.6) is 0 Å². The number of rotatable bonds is 8. The van der Waals surface area contributed by atoms with E-state index in [1.54, 1.807) is 16.7 Å². The van der Waals surface area contributed by atoms with E-state index >= 15 is 0 Å². The van der Waals surface area contributed by atoms with Gasteiger partial charge in [0.2, 0.25) is 5.95 Å². The van der Waals surface area contributed by atoms with Crippen LogP contribution in [-0.2, 0) is 22.7 Å². The molecule has 0 atom stereocenters. The Morgan fingerprint density at radius 3 is 2.56 bits per heavy atom. The van der Waals surface area contributed by atoms with Crippen LogP contribution in [0, 0.1) is 0 Å². The lowest BCUT2D eigenvalue weighted by Gasteiger charge is -2.35. The Morgan fingerprint density at radius 1 is 1.19 bits per heavy atom. The van der Waals surface area contributed by atoms with Gasteiger partial charge in [-0.25, -0.2) is 9.78 Å². The van der Waals surface area contributed by atoms with Crippen LogP contribution in [0.2, 0.25) is 25.7 Å². The molecule has 8 nitrogen and oxygen atoms in total. The number of methoxy groups -OCH3 is 1. The molecule has 2 aromatic heterocycles. The van der Waals surface area contributed by atoms with Gasteiger partial charge < -0.3 is 18.9 Å². The van der Waals surface area contributed by atoms with E-state index in [0.717, 1.165) is 22.5 Å². The van der Waals surface area contributed by atoms with Gasteiger partial charge in [-0.2, -0.15) is 0 Å². The summed E-state index contributed by atoms with van der Waals surface area (Å²) in [5.41, 5.74) is 2.44. The van der Waals surface area contributed by atoms with Crippen LogP contribution in [-0.4, -0.2) is 53.5 Å². The van der Waals surface area contributed by atoms with Crippen molar-refractivity contribution in [3.8, 4) is 11.3 Å². The number of carbonyl (C=O) groups is 1. The van der Waals surface area contributed by atoms with Gasteiger partial charge >= 0.3 is 5.97 Å². The summed E-state index contributed by atoms with van der Waals surface area (Å²) < 4.78 is 14.8. The van der Waals surface area contributed by atoms with Gasteiger partial charge in [0.1, 0.15) is 6.73 Å². The molecule has 0 saturated heterocycles. The minimum absolute atomic E-state index is 0.0809. The van der Waals surface area contributed by atoms with Crippen molar-refractivity contribution >= 4 is 30.9 Å². The zero-order valence-corrected chi connectivity index (χ0v) is 23.7. The van der Waals surface area contributed by atoms with Crippen molar-refractivity contribution in [1.82, 2.24) is 14.1 Å². The molecule has 1 aromatic carbocycles. The first-order valence-corrected chi connectivity index (χ1v) is 16.2. The lowest BCUT2D eigenvalue weighted by Crippen LogP contribution is -2.45. The molecule has 36 heavy (non-hydrogen) atoms.